The van der Waals surface area contributed by atoms with Gasteiger partial charge in [0.05, 0.1) is 0 Å². The lowest BCUT2D eigenvalue weighted by Gasteiger charge is -2.11. The van der Waals surface area contributed by atoms with E-state index in [1.165, 1.54) is 0 Å². The van der Waals surface area contributed by atoms with Gasteiger partial charge in [0.15, 0.2) is 0 Å². The third kappa shape index (κ3) is 3.06. The lowest BCUT2D eigenvalue weighted by molar-refractivity contribution is 0.817. The molecule has 0 saturated heterocycles. The van der Waals surface area contributed by atoms with Gasteiger partial charge in [-0.05, 0) is 13.3 Å². The topological polar surface area (TPSA) is 37.8 Å². The van der Waals surface area contributed by atoms with Crippen LogP contribution in [-0.2, 0) is 6.42 Å². The van der Waals surface area contributed by atoms with Gasteiger partial charge in [0.1, 0.15) is 12.1 Å². The molecule has 0 aliphatic rings. The summed E-state index contributed by atoms with van der Waals surface area (Å²) < 4.78 is 0. The average molecular weight is 189 g/mol. The molecule has 0 aliphatic carbocycles. The second-order valence-electron chi connectivity index (χ2n) is 3.20. The van der Waals surface area contributed by atoms with Crippen molar-refractivity contribution in [3.63, 3.8) is 0 Å². The number of nitrogens with one attached hydrogen (secondary N) is 1. The predicted octanol–water partition coefficient (Wildman–Crippen LogP) is 1.86. The summed E-state index contributed by atoms with van der Waals surface area (Å²) in [5.41, 5.74) is 1.04. The Balaban J connectivity index is 2.63. The monoisotopic (exact) mass is 189 g/mol. The Morgan fingerprint density at radius 3 is 3.00 bits per heavy atom. The molecule has 3 heteroatoms. The second-order valence-corrected chi connectivity index (χ2v) is 3.20. The highest BCUT2D eigenvalue weighted by Gasteiger charge is 2.01. The largest absolute Gasteiger partial charge is 0.367 e. The van der Waals surface area contributed by atoms with Crippen molar-refractivity contribution in [2.75, 3.05) is 5.32 Å². The van der Waals surface area contributed by atoms with Gasteiger partial charge in [0.25, 0.3) is 0 Å². The van der Waals surface area contributed by atoms with Crippen LogP contribution in [0.3, 0.4) is 0 Å². The van der Waals surface area contributed by atoms with Crippen molar-refractivity contribution in [3.05, 3.63) is 18.1 Å². The molecule has 0 fully saturated rings. The first-order chi connectivity index (χ1) is 6.76. The average Bonchev–Trinajstić information content (AvgIpc) is 2.18. The molecule has 1 aromatic rings. The minimum atomic E-state index is 0.250. The van der Waals surface area contributed by atoms with Crippen LogP contribution in [0.15, 0.2) is 12.4 Å². The molecule has 1 unspecified atom stereocenters. The summed E-state index contributed by atoms with van der Waals surface area (Å²) in [6, 6.07) is 2.20. The van der Waals surface area contributed by atoms with E-state index in [0.29, 0.717) is 6.42 Å². The van der Waals surface area contributed by atoms with Crippen molar-refractivity contribution in [2.45, 2.75) is 32.7 Å². The van der Waals surface area contributed by atoms with Gasteiger partial charge in [-0.1, -0.05) is 6.92 Å². The van der Waals surface area contributed by atoms with E-state index in [1.807, 2.05) is 13.0 Å². The van der Waals surface area contributed by atoms with Crippen LogP contribution in [0, 0.1) is 12.3 Å². The summed E-state index contributed by atoms with van der Waals surface area (Å²) >= 11 is 0. The molecule has 1 heterocycles. The Bertz CT molecular complexity index is 328. The van der Waals surface area contributed by atoms with Crippen LogP contribution >= 0.6 is 0 Å². The van der Waals surface area contributed by atoms with Gasteiger partial charge in [-0.15, -0.1) is 12.3 Å². The third-order valence-corrected chi connectivity index (χ3v) is 1.90. The van der Waals surface area contributed by atoms with E-state index >= 15 is 0 Å². The lowest BCUT2D eigenvalue weighted by atomic mass is 10.2. The normalized spacial score (nSPS) is 11.8. The number of aryl methyl sites for hydroxylation is 1. The summed E-state index contributed by atoms with van der Waals surface area (Å²) in [4.78, 5) is 8.24. The highest BCUT2D eigenvalue weighted by atomic mass is 15.0. The van der Waals surface area contributed by atoms with Crippen molar-refractivity contribution in [1.82, 2.24) is 9.97 Å². The Hall–Kier alpha value is -1.56. The Morgan fingerprint density at radius 2 is 2.36 bits per heavy atom. The van der Waals surface area contributed by atoms with Crippen molar-refractivity contribution in [1.29, 1.82) is 0 Å². The molecule has 0 radical (unpaired) electrons. The first-order valence-electron chi connectivity index (χ1n) is 4.77. The maximum atomic E-state index is 5.22. The van der Waals surface area contributed by atoms with Gasteiger partial charge in [-0.3, -0.25) is 0 Å². The lowest BCUT2D eigenvalue weighted by Crippen LogP contribution is -2.15. The maximum absolute atomic E-state index is 5.22. The molecular weight excluding hydrogens is 174 g/mol. The fourth-order valence-electron chi connectivity index (χ4n) is 1.15. The zero-order valence-electron chi connectivity index (χ0n) is 8.62. The van der Waals surface area contributed by atoms with Gasteiger partial charge < -0.3 is 5.32 Å². The van der Waals surface area contributed by atoms with Crippen molar-refractivity contribution < 1.29 is 0 Å². The van der Waals surface area contributed by atoms with Crippen LogP contribution in [0.1, 0.15) is 26.0 Å². The van der Waals surface area contributed by atoms with E-state index in [4.69, 9.17) is 6.42 Å². The Morgan fingerprint density at radius 1 is 1.57 bits per heavy atom. The van der Waals surface area contributed by atoms with Gasteiger partial charge >= 0.3 is 0 Å². The molecule has 14 heavy (non-hydrogen) atoms. The first kappa shape index (κ1) is 10.5. The minimum Gasteiger partial charge on any atom is -0.367 e. The smallest absolute Gasteiger partial charge is 0.129 e. The molecule has 1 atom stereocenters. The number of anilines is 1. The zero-order valence-corrected chi connectivity index (χ0v) is 8.62. The minimum absolute atomic E-state index is 0.250. The molecule has 0 amide bonds. The van der Waals surface area contributed by atoms with Gasteiger partial charge in [-0.2, -0.15) is 0 Å². The van der Waals surface area contributed by atoms with E-state index < -0.39 is 0 Å². The molecule has 1 N–H and O–H groups in total. The molecule has 1 rings (SSSR count). The Kier molecular flexibility index (Phi) is 3.93. The fourth-order valence-corrected chi connectivity index (χ4v) is 1.15. The highest BCUT2D eigenvalue weighted by molar-refractivity contribution is 5.36. The maximum Gasteiger partial charge on any atom is 0.129 e. The van der Waals surface area contributed by atoms with Crippen LogP contribution in [0.5, 0.6) is 0 Å². The zero-order chi connectivity index (χ0) is 10.4. The number of nitrogens with zero attached hydrogens (tertiary/aromatic N) is 2. The number of hydrogen-bond acceptors (Lipinski definition) is 3. The van der Waals surface area contributed by atoms with Crippen LogP contribution < -0.4 is 5.32 Å². The summed E-state index contributed by atoms with van der Waals surface area (Å²) in [7, 11) is 0. The molecule has 0 bridgehead atoms. The molecular formula is C11H15N3. The number of hydrogen-bond donors (Lipinski definition) is 1. The Labute approximate surface area is 85.0 Å². The molecule has 3 nitrogen and oxygen atoms in total. The first-order valence-corrected chi connectivity index (χ1v) is 4.77. The van der Waals surface area contributed by atoms with Crippen LogP contribution in [0.4, 0.5) is 5.82 Å². The van der Waals surface area contributed by atoms with Crippen molar-refractivity contribution in [3.8, 4) is 12.3 Å². The summed E-state index contributed by atoms with van der Waals surface area (Å²) in [5, 5.41) is 3.22. The molecule has 0 aromatic carbocycles. The predicted molar refractivity (Wildman–Crippen MR) is 57.9 cm³/mol. The summed E-state index contributed by atoms with van der Waals surface area (Å²) in [6.45, 7) is 4.10. The van der Waals surface area contributed by atoms with Crippen LogP contribution in [0.25, 0.3) is 0 Å². The van der Waals surface area contributed by atoms with Gasteiger partial charge in [0, 0.05) is 24.2 Å². The molecule has 1 aromatic heterocycles. The van der Waals surface area contributed by atoms with E-state index in [0.717, 1.165) is 17.9 Å². The van der Waals surface area contributed by atoms with E-state index in [1.54, 1.807) is 6.33 Å². The van der Waals surface area contributed by atoms with E-state index in [2.05, 4.69) is 28.1 Å². The molecule has 0 saturated carbocycles. The number of aromatic nitrogens is 2. The SMILES string of the molecule is C#CCC(C)Nc1cc(CC)ncn1. The summed E-state index contributed by atoms with van der Waals surface area (Å²) in [5.74, 6) is 3.46. The van der Waals surface area contributed by atoms with Gasteiger partial charge in [-0.25, -0.2) is 9.97 Å². The molecule has 0 spiro atoms. The quantitative estimate of drug-likeness (QED) is 0.735. The number of rotatable bonds is 4. The van der Waals surface area contributed by atoms with Crippen LogP contribution in [-0.4, -0.2) is 16.0 Å². The van der Waals surface area contributed by atoms with Gasteiger partial charge in [0.2, 0.25) is 0 Å². The molecule has 0 aliphatic heterocycles. The second kappa shape index (κ2) is 5.23. The van der Waals surface area contributed by atoms with E-state index in [9.17, 15) is 0 Å². The fraction of sp³-hybridized carbons (Fsp3) is 0.455. The number of terminal acetylenes is 1. The van der Waals surface area contributed by atoms with E-state index in [-0.39, 0.29) is 6.04 Å². The summed E-state index contributed by atoms with van der Waals surface area (Å²) in [6.07, 6.45) is 8.41. The van der Waals surface area contributed by atoms with Crippen molar-refractivity contribution >= 4 is 5.82 Å². The third-order valence-electron chi connectivity index (χ3n) is 1.90. The standard InChI is InChI=1S/C11H15N3/c1-4-6-9(3)14-11-7-10(5-2)12-8-13-11/h1,7-9H,5-6H2,2-3H3,(H,12,13,14). The van der Waals surface area contributed by atoms with Crippen LogP contribution in [0.2, 0.25) is 0 Å². The van der Waals surface area contributed by atoms with Crippen molar-refractivity contribution in [2.24, 2.45) is 0 Å². The molecule has 74 valence electrons. The highest BCUT2D eigenvalue weighted by Crippen LogP contribution is 2.07.